The summed E-state index contributed by atoms with van der Waals surface area (Å²) in [5.74, 6) is 0.355. The molecule has 4 rings (SSSR count). The van der Waals surface area contributed by atoms with Crippen LogP contribution in [-0.2, 0) is 4.74 Å². The molecule has 2 fully saturated rings. The van der Waals surface area contributed by atoms with Crippen molar-refractivity contribution in [3.63, 3.8) is 0 Å². The van der Waals surface area contributed by atoms with Gasteiger partial charge < -0.3 is 20.7 Å². The molecule has 0 aliphatic heterocycles. The van der Waals surface area contributed by atoms with Crippen LogP contribution in [0, 0.1) is 11.2 Å². The van der Waals surface area contributed by atoms with Crippen molar-refractivity contribution in [1.82, 2.24) is 15.3 Å². The lowest BCUT2D eigenvalue weighted by Crippen LogP contribution is -2.38. The molecule has 0 radical (unpaired) electrons. The summed E-state index contributed by atoms with van der Waals surface area (Å²) in [6.45, 7) is 4.85. The number of halogens is 1. The number of ether oxygens (including phenoxy) is 1. The van der Waals surface area contributed by atoms with E-state index in [1.54, 1.807) is 19.4 Å². The number of pyridine rings is 2. The highest BCUT2D eigenvalue weighted by atomic mass is 19.1. The Morgan fingerprint density at radius 2 is 1.90 bits per heavy atom. The summed E-state index contributed by atoms with van der Waals surface area (Å²) < 4.78 is 19.7. The molecule has 0 amide bonds. The molecule has 2 aromatic rings. The molecule has 0 unspecified atom stereocenters. The first-order valence-electron chi connectivity index (χ1n) is 11.4. The number of aromatic nitrogens is 2. The smallest absolute Gasteiger partial charge is 0.151 e. The third kappa shape index (κ3) is 6.14. The van der Waals surface area contributed by atoms with Gasteiger partial charge in [0.15, 0.2) is 5.82 Å². The molecule has 7 heteroatoms. The Hall–Kier alpha value is -2.25. The van der Waals surface area contributed by atoms with Gasteiger partial charge in [0.05, 0.1) is 18.5 Å². The third-order valence-corrected chi connectivity index (χ3v) is 6.53. The van der Waals surface area contributed by atoms with Crippen LogP contribution in [0.5, 0.6) is 0 Å². The Balaban J connectivity index is 1.36. The van der Waals surface area contributed by atoms with Crippen molar-refractivity contribution in [1.29, 1.82) is 0 Å². The summed E-state index contributed by atoms with van der Waals surface area (Å²) in [5.41, 5.74) is 2.48. The van der Waals surface area contributed by atoms with Gasteiger partial charge in [0, 0.05) is 49.7 Å². The highest BCUT2D eigenvalue weighted by molar-refractivity contribution is 5.67. The minimum absolute atomic E-state index is 0.351. The predicted octanol–water partition coefficient (Wildman–Crippen LogP) is 4.45. The number of rotatable bonds is 10. The Bertz CT molecular complexity index is 865. The molecule has 2 heterocycles. The number of anilines is 2. The molecular weight excluding hydrogens is 393 g/mol. The Labute approximate surface area is 184 Å². The van der Waals surface area contributed by atoms with Crippen LogP contribution in [0.3, 0.4) is 0 Å². The van der Waals surface area contributed by atoms with Crippen LogP contribution in [0.4, 0.5) is 15.9 Å². The molecule has 3 N–H and O–H groups in total. The van der Waals surface area contributed by atoms with E-state index in [4.69, 9.17) is 4.74 Å². The monoisotopic (exact) mass is 427 g/mol. The molecule has 6 nitrogen and oxygen atoms in total. The molecule has 168 valence electrons. The van der Waals surface area contributed by atoms with Crippen molar-refractivity contribution in [2.45, 2.75) is 57.5 Å². The van der Waals surface area contributed by atoms with Crippen LogP contribution in [-0.4, -0.2) is 48.9 Å². The minimum Gasteiger partial charge on any atom is -0.384 e. The van der Waals surface area contributed by atoms with Crippen LogP contribution >= 0.6 is 0 Å². The second-order valence-electron chi connectivity index (χ2n) is 9.28. The van der Waals surface area contributed by atoms with Crippen molar-refractivity contribution in [2.24, 2.45) is 5.41 Å². The van der Waals surface area contributed by atoms with Gasteiger partial charge >= 0.3 is 0 Å². The Morgan fingerprint density at radius 1 is 1.13 bits per heavy atom. The lowest BCUT2D eigenvalue weighted by atomic mass is 9.91. The van der Waals surface area contributed by atoms with Gasteiger partial charge in [0.2, 0.25) is 0 Å². The molecule has 2 aromatic heterocycles. The van der Waals surface area contributed by atoms with Crippen molar-refractivity contribution >= 4 is 11.5 Å². The van der Waals surface area contributed by atoms with Crippen LogP contribution in [0.15, 0.2) is 30.6 Å². The zero-order valence-electron chi connectivity index (χ0n) is 18.6. The van der Waals surface area contributed by atoms with Crippen molar-refractivity contribution in [2.75, 3.05) is 37.4 Å². The number of methoxy groups -OCH3 is 1. The van der Waals surface area contributed by atoms with E-state index in [0.29, 0.717) is 34.6 Å². The summed E-state index contributed by atoms with van der Waals surface area (Å²) in [6.07, 6.45) is 9.91. The zero-order valence-corrected chi connectivity index (χ0v) is 18.6. The van der Waals surface area contributed by atoms with Crippen LogP contribution < -0.4 is 16.0 Å². The topological polar surface area (TPSA) is 71.1 Å². The summed E-state index contributed by atoms with van der Waals surface area (Å²) in [4.78, 5) is 8.69. The van der Waals surface area contributed by atoms with Gasteiger partial charge in [-0.2, -0.15) is 0 Å². The van der Waals surface area contributed by atoms with E-state index >= 15 is 0 Å². The van der Waals surface area contributed by atoms with Gasteiger partial charge in [-0.15, -0.1) is 0 Å². The number of nitrogens with zero attached hydrogens (tertiary/aromatic N) is 2. The number of nitrogens with one attached hydrogen (secondary N) is 3. The minimum atomic E-state index is -0.351. The van der Waals surface area contributed by atoms with Crippen LogP contribution in [0.2, 0.25) is 0 Å². The summed E-state index contributed by atoms with van der Waals surface area (Å²) >= 11 is 0. The molecule has 0 saturated heterocycles. The number of hydrogen-bond donors (Lipinski definition) is 3. The largest absolute Gasteiger partial charge is 0.384 e. The van der Waals surface area contributed by atoms with E-state index in [-0.39, 0.29) is 5.82 Å². The maximum Gasteiger partial charge on any atom is 0.151 e. The van der Waals surface area contributed by atoms with E-state index in [9.17, 15) is 4.39 Å². The molecular formula is C24H34FN5O. The van der Waals surface area contributed by atoms with Gasteiger partial charge in [-0.3, -0.25) is 4.98 Å². The first kappa shape index (κ1) is 22.0. The van der Waals surface area contributed by atoms with Gasteiger partial charge in [0.1, 0.15) is 5.82 Å². The molecule has 31 heavy (non-hydrogen) atoms. The summed E-state index contributed by atoms with van der Waals surface area (Å²) in [7, 11) is 1.73. The third-order valence-electron chi connectivity index (χ3n) is 6.53. The van der Waals surface area contributed by atoms with E-state index in [1.165, 1.54) is 19.0 Å². The quantitative estimate of drug-likeness (QED) is 0.487. The average Bonchev–Trinajstić information content (AvgIpc) is 3.53. The molecule has 0 spiro atoms. The fraction of sp³-hybridized carbons (Fsp3) is 0.583. The first-order valence-corrected chi connectivity index (χ1v) is 11.4. The highest BCUT2D eigenvalue weighted by Crippen LogP contribution is 2.44. The fourth-order valence-electron chi connectivity index (χ4n) is 4.12. The second kappa shape index (κ2) is 9.92. The maximum absolute atomic E-state index is 14.6. The van der Waals surface area contributed by atoms with Crippen LogP contribution in [0.25, 0.3) is 11.3 Å². The zero-order chi connectivity index (χ0) is 21.7. The van der Waals surface area contributed by atoms with E-state index in [0.717, 1.165) is 51.1 Å². The molecule has 2 aliphatic rings. The average molecular weight is 428 g/mol. The fourth-order valence-corrected chi connectivity index (χ4v) is 4.12. The first-order chi connectivity index (χ1) is 15.0. The lowest BCUT2D eigenvalue weighted by Gasteiger charge is -2.30. The molecule has 0 bridgehead atoms. The number of hydrogen-bond acceptors (Lipinski definition) is 6. The lowest BCUT2D eigenvalue weighted by molar-refractivity contribution is 0.191. The van der Waals surface area contributed by atoms with Crippen molar-refractivity contribution in [3.8, 4) is 11.3 Å². The molecule has 2 aliphatic carbocycles. The van der Waals surface area contributed by atoms with Gasteiger partial charge in [0.25, 0.3) is 0 Å². The summed E-state index contributed by atoms with van der Waals surface area (Å²) in [6, 6.07) is 6.54. The molecule has 0 atom stereocenters. The standard InChI is InChI=1S/C24H34FN5O/c1-24(8-9-24)16-29-19-7-10-27-22(13-19)20-14-23(28-15-21(20)25)30-18-5-3-17(4-6-18)26-11-12-31-2/h7,10,13-15,17-18,26H,3-6,8-9,11-12,16H2,1-2H3,(H,27,29)(H,28,30). The summed E-state index contributed by atoms with van der Waals surface area (Å²) in [5, 5.41) is 10.5. The van der Waals surface area contributed by atoms with E-state index in [2.05, 4.69) is 32.8 Å². The van der Waals surface area contributed by atoms with Crippen molar-refractivity contribution in [3.05, 3.63) is 36.4 Å². The van der Waals surface area contributed by atoms with Crippen molar-refractivity contribution < 1.29 is 9.13 Å². The second-order valence-corrected chi connectivity index (χ2v) is 9.28. The maximum atomic E-state index is 14.6. The van der Waals surface area contributed by atoms with E-state index < -0.39 is 0 Å². The normalized spacial score (nSPS) is 22.2. The highest BCUT2D eigenvalue weighted by Gasteiger charge is 2.36. The molecule has 2 saturated carbocycles. The Morgan fingerprint density at radius 3 is 2.65 bits per heavy atom. The Kier molecular flexibility index (Phi) is 7.02. The van der Waals surface area contributed by atoms with Gasteiger partial charge in [-0.1, -0.05) is 6.92 Å². The predicted molar refractivity (Wildman–Crippen MR) is 123 cm³/mol. The molecule has 0 aromatic carbocycles. The van der Waals surface area contributed by atoms with Gasteiger partial charge in [-0.05, 0) is 62.1 Å². The van der Waals surface area contributed by atoms with E-state index in [1.807, 2.05) is 12.1 Å². The SMILES string of the molecule is COCCNC1CCC(Nc2cc(-c3cc(NCC4(C)CC4)ccn3)c(F)cn2)CC1. The van der Waals surface area contributed by atoms with Crippen LogP contribution in [0.1, 0.15) is 45.4 Å². The van der Waals surface area contributed by atoms with Gasteiger partial charge in [-0.25, -0.2) is 9.37 Å².